The molecule has 0 spiro atoms. The first-order valence-corrected chi connectivity index (χ1v) is 7.28. The average Bonchev–Trinajstić information content (AvgIpc) is 2.40. The van der Waals surface area contributed by atoms with Crippen LogP contribution in [0, 0.1) is 21.7 Å². The van der Waals surface area contributed by atoms with Gasteiger partial charge in [-0.25, -0.2) is 8.78 Å². The molecule has 0 aliphatic rings. The summed E-state index contributed by atoms with van der Waals surface area (Å²) in [7, 11) is 0. The number of nitro benzene ring substituents is 1. The number of benzene rings is 2. The summed E-state index contributed by atoms with van der Waals surface area (Å²) in [4.78, 5) is 10.0. The van der Waals surface area contributed by atoms with Crippen LogP contribution < -0.4 is 5.32 Å². The number of rotatable bonds is 4. The van der Waals surface area contributed by atoms with Crippen LogP contribution in [-0.4, -0.2) is 4.92 Å². The zero-order valence-corrected chi connectivity index (χ0v) is 13.5. The number of nitrogens with zero attached hydrogens (tertiary/aromatic N) is 1. The van der Waals surface area contributed by atoms with E-state index in [1.165, 1.54) is 0 Å². The van der Waals surface area contributed by atoms with Crippen LogP contribution >= 0.6 is 31.9 Å². The van der Waals surface area contributed by atoms with E-state index >= 15 is 0 Å². The number of nitro groups is 1. The predicted octanol–water partition coefficient (Wildman–Crippen LogP) is 5.01. The molecule has 0 bridgehead atoms. The first kappa shape index (κ1) is 15.8. The molecule has 2 rings (SSSR count). The molecule has 0 heterocycles. The van der Waals surface area contributed by atoms with Crippen molar-refractivity contribution in [1.29, 1.82) is 0 Å². The van der Waals surface area contributed by atoms with Crippen LogP contribution in [0.4, 0.5) is 20.2 Å². The van der Waals surface area contributed by atoms with Crippen LogP contribution in [0.3, 0.4) is 0 Å². The van der Waals surface area contributed by atoms with Crippen LogP contribution in [0.2, 0.25) is 0 Å². The molecule has 0 radical (unpaired) electrons. The third-order valence-electron chi connectivity index (χ3n) is 2.68. The van der Waals surface area contributed by atoms with E-state index in [-0.39, 0.29) is 12.2 Å². The molecule has 0 saturated carbocycles. The van der Waals surface area contributed by atoms with Crippen molar-refractivity contribution in [2.75, 3.05) is 5.32 Å². The average molecular weight is 422 g/mol. The lowest BCUT2D eigenvalue weighted by atomic mass is 10.2. The summed E-state index contributed by atoms with van der Waals surface area (Å²) < 4.78 is 28.4. The molecule has 2 aromatic rings. The molecule has 2 aromatic carbocycles. The van der Waals surface area contributed by atoms with Crippen molar-refractivity contribution in [3.05, 3.63) is 66.6 Å². The van der Waals surface area contributed by atoms with Crippen molar-refractivity contribution in [3.8, 4) is 0 Å². The fourth-order valence-corrected chi connectivity index (χ4v) is 2.39. The lowest BCUT2D eigenvalue weighted by Gasteiger charge is -2.09. The molecule has 1 N–H and O–H groups in total. The van der Waals surface area contributed by atoms with Gasteiger partial charge in [0.2, 0.25) is 0 Å². The smallest absolute Gasteiger partial charge is 0.298 e. The summed E-state index contributed by atoms with van der Waals surface area (Å²) >= 11 is 6.64. The van der Waals surface area contributed by atoms with E-state index in [4.69, 9.17) is 0 Å². The number of nitrogens with one attached hydrogen (secondary N) is 1. The van der Waals surface area contributed by atoms with E-state index in [2.05, 4.69) is 37.2 Å². The van der Waals surface area contributed by atoms with Crippen molar-refractivity contribution >= 4 is 43.2 Å². The lowest BCUT2D eigenvalue weighted by Crippen LogP contribution is -2.05. The Hall–Kier alpha value is -1.54. The van der Waals surface area contributed by atoms with Gasteiger partial charge in [0.25, 0.3) is 5.69 Å². The molecular formula is C13H8Br2F2N2O2. The Balaban J connectivity index is 2.27. The molecule has 0 aromatic heterocycles. The molecule has 0 amide bonds. The summed E-state index contributed by atoms with van der Waals surface area (Å²) in [5.74, 6) is -1.99. The molecular weight excluding hydrogens is 414 g/mol. The van der Waals surface area contributed by atoms with Gasteiger partial charge >= 0.3 is 0 Å². The van der Waals surface area contributed by atoms with Gasteiger partial charge in [-0.05, 0) is 49.6 Å². The second-order valence-corrected chi connectivity index (χ2v) is 5.85. The Bertz CT molecular complexity index is 711. The highest BCUT2D eigenvalue weighted by Crippen LogP contribution is 2.30. The Morgan fingerprint density at radius 2 is 1.86 bits per heavy atom. The quantitative estimate of drug-likeness (QED) is 0.557. The van der Waals surface area contributed by atoms with Gasteiger partial charge in [0.05, 0.1) is 11.0 Å². The standard InChI is InChI=1S/C13H8Br2F2N2O2/c14-9-2-1-7(3-10(9)15)6-18-13-11(17)4-8(16)5-12(13)19(20)21/h1-5,18H,6H2. The van der Waals surface area contributed by atoms with E-state index in [1.54, 1.807) is 18.2 Å². The normalized spacial score (nSPS) is 10.5. The molecule has 4 nitrogen and oxygen atoms in total. The Kier molecular flexibility index (Phi) is 4.89. The molecule has 21 heavy (non-hydrogen) atoms. The molecule has 0 atom stereocenters. The monoisotopic (exact) mass is 420 g/mol. The third-order valence-corrected chi connectivity index (χ3v) is 4.56. The highest BCUT2D eigenvalue weighted by atomic mass is 79.9. The van der Waals surface area contributed by atoms with E-state index in [1.807, 2.05) is 0 Å². The van der Waals surface area contributed by atoms with Gasteiger partial charge in [-0.2, -0.15) is 0 Å². The van der Waals surface area contributed by atoms with Crippen molar-refractivity contribution in [1.82, 2.24) is 0 Å². The highest BCUT2D eigenvalue weighted by Gasteiger charge is 2.20. The van der Waals surface area contributed by atoms with Gasteiger partial charge in [0.1, 0.15) is 11.5 Å². The number of hydrogen-bond donors (Lipinski definition) is 1. The highest BCUT2D eigenvalue weighted by molar-refractivity contribution is 9.13. The summed E-state index contributed by atoms with van der Waals surface area (Å²) in [6, 6.07) is 6.63. The van der Waals surface area contributed by atoms with Crippen LogP contribution in [0.25, 0.3) is 0 Å². The molecule has 0 saturated heterocycles. The Labute approximate surface area is 135 Å². The van der Waals surface area contributed by atoms with E-state index in [0.717, 1.165) is 14.5 Å². The zero-order valence-electron chi connectivity index (χ0n) is 10.4. The van der Waals surface area contributed by atoms with Crippen LogP contribution in [0.1, 0.15) is 5.56 Å². The largest absolute Gasteiger partial charge is 0.373 e. The molecule has 0 aliphatic carbocycles. The summed E-state index contributed by atoms with van der Waals surface area (Å²) in [6.07, 6.45) is 0. The zero-order chi connectivity index (χ0) is 15.6. The maximum atomic E-state index is 13.7. The van der Waals surface area contributed by atoms with E-state index < -0.39 is 22.2 Å². The topological polar surface area (TPSA) is 55.2 Å². The van der Waals surface area contributed by atoms with Crippen LogP contribution in [-0.2, 0) is 6.54 Å². The van der Waals surface area contributed by atoms with Crippen molar-refractivity contribution < 1.29 is 13.7 Å². The number of hydrogen-bond acceptors (Lipinski definition) is 3. The van der Waals surface area contributed by atoms with E-state index in [0.29, 0.717) is 12.1 Å². The minimum absolute atomic E-state index is 0.162. The molecule has 0 unspecified atom stereocenters. The lowest BCUT2D eigenvalue weighted by molar-refractivity contribution is -0.384. The molecule has 8 heteroatoms. The SMILES string of the molecule is O=[N+]([O-])c1cc(F)cc(F)c1NCc1ccc(Br)c(Br)c1. The molecule has 0 fully saturated rings. The summed E-state index contributed by atoms with van der Waals surface area (Å²) in [6.45, 7) is 0.162. The van der Waals surface area contributed by atoms with Gasteiger partial charge in [0.15, 0.2) is 5.82 Å². The maximum Gasteiger partial charge on any atom is 0.298 e. The van der Waals surface area contributed by atoms with Crippen LogP contribution in [0.5, 0.6) is 0 Å². The first-order chi connectivity index (χ1) is 9.88. The Morgan fingerprint density at radius 1 is 1.14 bits per heavy atom. The minimum atomic E-state index is -1.00. The number of halogens is 4. The van der Waals surface area contributed by atoms with Gasteiger partial charge in [-0.1, -0.05) is 6.07 Å². The van der Waals surface area contributed by atoms with Crippen molar-refractivity contribution in [2.45, 2.75) is 6.54 Å². The maximum absolute atomic E-state index is 13.7. The second kappa shape index (κ2) is 6.48. The summed E-state index contributed by atoms with van der Waals surface area (Å²) in [5, 5.41) is 13.5. The second-order valence-electron chi connectivity index (χ2n) is 4.14. The van der Waals surface area contributed by atoms with Gasteiger partial charge in [-0.3, -0.25) is 10.1 Å². The molecule has 110 valence electrons. The van der Waals surface area contributed by atoms with Gasteiger partial charge in [-0.15, -0.1) is 0 Å². The van der Waals surface area contributed by atoms with Crippen molar-refractivity contribution in [2.24, 2.45) is 0 Å². The first-order valence-electron chi connectivity index (χ1n) is 5.69. The van der Waals surface area contributed by atoms with Crippen molar-refractivity contribution in [3.63, 3.8) is 0 Å². The summed E-state index contributed by atoms with van der Waals surface area (Å²) in [5.41, 5.74) is -0.188. The minimum Gasteiger partial charge on any atom is -0.373 e. The number of anilines is 1. The fraction of sp³-hybridized carbons (Fsp3) is 0.0769. The van der Waals surface area contributed by atoms with E-state index in [9.17, 15) is 18.9 Å². The molecule has 0 aliphatic heterocycles. The predicted molar refractivity (Wildman–Crippen MR) is 82.2 cm³/mol. The fourth-order valence-electron chi connectivity index (χ4n) is 1.72. The Morgan fingerprint density at radius 3 is 2.48 bits per heavy atom. The van der Waals surface area contributed by atoms with Crippen LogP contribution in [0.15, 0.2) is 39.3 Å². The van der Waals surface area contributed by atoms with Gasteiger partial charge < -0.3 is 5.32 Å². The van der Waals surface area contributed by atoms with Gasteiger partial charge in [0, 0.05) is 21.6 Å². The third kappa shape index (κ3) is 3.76.